The number of nitrogens with zero attached hydrogens (tertiary/aromatic N) is 2. The van der Waals surface area contributed by atoms with E-state index in [2.05, 4.69) is 21.0 Å². The van der Waals surface area contributed by atoms with Crippen LogP contribution in [0.5, 0.6) is 0 Å². The molecule has 0 atom stereocenters. The average Bonchev–Trinajstić information content (AvgIpc) is 2.80. The molecule has 2 heterocycles. The van der Waals surface area contributed by atoms with E-state index in [9.17, 15) is 0 Å². The van der Waals surface area contributed by atoms with E-state index in [1.165, 1.54) is 32.1 Å². The summed E-state index contributed by atoms with van der Waals surface area (Å²) in [5, 5.41) is 3.05. The van der Waals surface area contributed by atoms with Gasteiger partial charge in [-0.3, -0.25) is 0 Å². The number of thioether (sulfide) groups is 1. The number of aromatic amines is 1. The van der Waals surface area contributed by atoms with Crippen molar-refractivity contribution in [1.82, 2.24) is 15.0 Å². The molecule has 1 N–H and O–H groups in total. The maximum absolute atomic E-state index is 4.41. The Kier molecular flexibility index (Phi) is 2.82. The van der Waals surface area contributed by atoms with Crippen molar-refractivity contribution in [2.75, 3.05) is 0 Å². The lowest BCUT2D eigenvalue weighted by Gasteiger charge is -2.20. The summed E-state index contributed by atoms with van der Waals surface area (Å²) in [6.07, 6.45) is 10.4. The van der Waals surface area contributed by atoms with Gasteiger partial charge in [0.25, 0.3) is 0 Å². The molecule has 0 unspecified atom stereocenters. The smallest absolute Gasteiger partial charge is 0.141 e. The summed E-state index contributed by atoms with van der Waals surface area (Å²) >= 11 is 1.93. The third-order valence-corrected chi connectivity index (χ3v) is 4.50. The maximum Gasteiger partial charge on any atom is 0.141 e. The molecule has 1 aliphatic carbocycles. The summed E-state index contributed by atoms with van der Waals surface area (Å²) in [4.78, 5) is 11.8. The van der Waals surface area contributed by atoms with Crippen molar-refractivity contribution in [3.63, 3.8) is 0 Å². The van der Waals surface area contributed by atoms with Crippen LogP contribution >= 0.6 is 11.8 Å². The zero-order chi connectivity index (χ0) is 10.8. The molecule has 3 rings (SSSR count). The summed E-state index contributed by atoms with van der Waals surface area (Å²) in [5.41, 5.74) is 0.952. The number of nitrogens with one attached hydrogen (secondary N) is 1. The van der Waals surface area contributed by atoms with Gasteiger partial charge in [-0.15, -0.1) is 11.8 Å². The van der Waals surface area contributed by atoms with E-state index >= 15 is 0 Å². The topological polar surface area (TPSA) is 41.6 Å². The minimum Gasteiger partial charge on any atom is -0.346 e. The lowest BCUT2D eigenvalue weighted by Crippen LogP contribution is -2.08. The van der Waals surface area contributed by atoms with Crippen LogP contribution in [-0.4, -0.2) is 20.2 Å². The number of hydrogen-bond donors (Lipinski definition) is 1. The fourth-order valence-corrected chi connectivity index (χ4v) is 3.57. The van der Waals surface area contributed by atoms with Crippen LogP contribution in [0, 0.1) is 0 Å². The first-order chi connectivity index (χ1) is 7.93. The first kappa shape index (κ1) is 10.1. The van der Waals surface area contributed by atoms with Gasteiger partial charge < -0.3 is 4.98 Å². The molecule has 0 bridgehead atoms. The third-order valence-electron chi connectivity index (χ3n) is 3.15. The fraction of sp³-hybridized carbons (Fsp3) is 0.500. The second kappa shape index (κ2) is 4.45. The van der Waals surface area contributed by atoms with Crippen molar-refractivity contribution in [2.24, 2.45) is 0 Å². The lowest BCUT2D eigenvalue weighted by atomic mass is 10.0. The van der Waals surface area contributed by atoms with Gasteiger partial charge in [0.2, 0.25) is 0 Å². The molecule has 2 aromatic heterocycles. The SMILES string of the molecule is c1nc(SC2CCCCC2)c2cc[nH]c2n1. The molecule has 1 fully saturated rings. The van der Waals surface area contributed by atoms with Gasteiger partial charge in [-0.25, -0.2) is 9.97 Å². The number of fused-ring (bicyclic) bond motifs is 1. The van der Waals surface area contributed by atoms with Crippen LogP contribution in [0.15, 0.2) is 23.6 Å². The van der Waals surface area contributed by atoms with Crippen LogP contribution in [0.2, 0.25) is 0 Å². The van der Waals surface area contributed by atoms with Gasteiger partial charge in [-0.2, -0.15) is 0 Å². The van der Waals surface area contributed by atoms with Crippen molar-refractivity contribution in [2.45, 2.75) is 42.4 Å². The Morgan fingerprint density at radius 1 is 1.19 bits per heavy atom. The summed E-state index contributed by atoms with van der Waals surface area (Å²) in [5.74, 6) is 0. The van der Waals surface area contributed by atoms with Gasteiger partial charge in [0.05, 0.1) is 5.39 Å². The number of rotatable bonds is 2. The Morgan fingerprint density at radius 2 is 2.06 bits per heavy atom. The van der Waals surface area contributed by atoms with Crippen LogP contribution in [0.4, 0.5) is 0 Å². The molecule has 4 heteroatoms. The number of H-pyrrole nitrogens is 1. The fourth-order valence-electron chi connectivity index (χ4n) is 2.28. The van der Waals surface area contributed by atoms with E-state index in [0.717, 1.165) is 21.3 Å². The molecule has 0 saturated heterocycles. The second-order valence-electron chi connectivity index (χ2n) is 4.30. The molecule has 1 aliphatic rings. The molecule has 1 saturated carbocycles. The standard InChI is InChI=1S/C12H15N3S/c1-2-4-9(5-3-1)16-12-10-6-7-13-11(10)14-8-15-12/h6-9H,1-5H2,(H,13,14,15). The van der Waals surface area contributed by atoms with E-state index in [1.807, 2.05) is 18.0 Å². The molecule has 0 spiro atoms. The van der Waals surface area contributed by atoms with Gasteiger partial charge in [-0.05, 0) is 18.9 Å². The van der Waals surface area contributed by atoms with Crippen molar-refractivity contribution < 1.29 is 0 Å². The van der Waals surface area contributed by atoms with Crippen molar-refractivity contribution in [1.29, 1.82) is 0 Å². The summed E-state index contributed by atoms with van der Waals surface area (Å²) in [6, 6.07) is 2.07. The van der Waals surface area contributed by atoms with Crippen LogP contribution in [0.3, 0.4) is 0 Å². The van der Waals surface area contributed by atoms with E-state index in [4.69, 9.17) is 0 Å². The van der Waals surface area contributed by atoms with E-state index in [-0.39, 0.29) is 0 Å². The van der Waals surface area contributed by atoms with Crippen LogP contribution < -0.4 is 0 Å². The zero-order valence-electron chi connectivity index (χ0n) is 9.15. The molecule has 16 heavy (non-hydrogen) atoms. The Labute approximate surface area is 99.1 Å². The van der Waals surface area contributed by atoms with E-state index < -0.39 is 0 Å². The van der Waals surface area contributed by atoms with E-state index in [1.54, 1.807) is 6.33 Å². The minimum absolute atomic E-state index is 0.752. The predicted octanol–water partition coefficient (Wildman–Crippen LogP) is 3.38. The van der Waals surface area contributed by atoms with Crippen LogP contribution in [0.1, 0.15) is 32.1 Å². The third kappa shape index (κ3) is 1.94. The van der Waals surface area contributed by atoms with Gasteiger partial charge in [0.15, 0.2) is 0 Å². The highest BCUT2D eigenvalue weighted by Crippen LogP contribution is 2.35. The molecule has 0 aliphatic heterocycles. The number of aromatic nitrogens is 3. The van der Waals surface area contributed by atoms with Gasteiger partial charge in [-0.1, -0.05) is 19.3 Å². The molecular weight excluding hydrogens is 218 g/mol. The highest BCUT2D eigenvalue weighted by atomic mass is 32.2. The molecule has 0 aromatic carbocycles. The highest BCUT2D eigenvalue weighted by molar-refractivity contribution is 8.00. The van der Waals surface area contributed by atoms with Crippen LogP contribution in [0.25, 0.3) is 11.0 Å². The highest BCUT2D eigenvalue weighted by Gasteiger charge is 2.16. The second-order valence-corrected chi connectivity index (χ2v) is 5.59. The Morgan fingerprint density at radius 3 is 2.94 bits per heavy atom. The van der Waals surface area contributed by atoms with Gasteiger partial charge in [0, 0.05) is 11.4 Å². The van der Waals surface area contributed by atoms with Gasteiger partial charge in [0.1, 0.15) is 17.0 Å². The normalized spacial score (nSPS) is 18.0. The lowest BCUT2D eigenvalue weighted by molar-refractivity contribution is 0.516. The summed E-state index contributed by atoms with van der Waals surface area (Å²) < 4.78 is 0. The molecule has 2 aromatic rings. The Balaban J connectivity index is 1.85. The predicted molar refractivity (Wildman–Crippen MR) is 66.6 cm³/mol. The largest absolute Gasteiger partial charge is 0.346 e. The number of hydrogen-bond acceptors (Lipinski definition) is 3. The van der Waals surface area contributed by atoms with Crippen molar-refractivity contribution in [3.05, 3.63) is 18.6 Å². The Bertz CT molecular complexity index is 474. The average molecular weight is 233 g/mol. The Hall–Kier alpha value is -1.03. The summed E-state index contributed by atoms with van der Waals surface area (Å²) in [7, 11) is 0. The van der Waals surface area contributed by atoms with Gasteiger partial charge >= 0.3 is 0 Å². The first-order valence-electron chi connectivity index (χ1n) is 5.88. The minimum atomic E-state index is 0.752. The quantitative estimate of drug-likeness (QED) is 0.808. The first-order valence-corrected chi connectivity index (χ1v) is 6.76. The maximum atomic E-state index is 4.41. The molecule has 3 nitrogen and oxygen atoms in total. The molecule has 0 amide bonds. The molecule has 0 radical (unpaired) electrons. The zero-order valence-corrected chi connectivity index (χ0v) is 9.96. The van der Waals surface area contributed by atoms with E-state index in [0.29, 0.717) is 0 Å². The molecular formula is C12H15N3S. The summed E-state index contributed by atoms with van der Waals surface area (Å²) in [6.45, 7) is 0. The van der Waals surface area contributed by atoms with Crippen LogP contribution in [-0.2, 0) is 0 Å². The molecule has 84 valence electrons. The van der Waals surface area contributed by atoms with Crippen molar-refractivity contribution in [3.8, 4) is 0 Å². The monoisotopic (exact) mass is 233 g/mol. The van der Waals surface area contributed by atoms with Crippen molar-refractivity contribution >= 4 is 22.8 Å².